The maximum Gasteiger partial charge on any atom is 0.326 e. The van der Waals surface area contributed by atoms with E-state index < -0.39 is 6.10 Å². The fourth-order valence-electron chi connectivity index (χ4n) is 2.85. The SMILES string of the molecule is CN1CC(=O)N(CCCC(=O)NC2CCCCC2O)C1=O. The second-order valence-corrected chi connectivity index (χ2v) is 5.81. The fraction of sp³-hybridized carbons (Fsp3) is 0.786. The molecule has 4 amide bonds. The lowest BCUT2D eigenvalue weighted by Gasteiger charge is -2.28. The van der Waals surface area contributed by atoms with Crippen molar-refractivity contribution in [1.82, 2.24) is 15.1 Å². The van der Waals surface area contributed by atoms with Gasteiger partial charge in [0.25, 0.3) is 0 Å². The molecule has 0 radical (unpaired) electrons. The lowest BCUT2D eigenvalue weighted by Crippen LogP contribution is -2.45. The first kappa shape index (κ1) is 15.8. The summed E-state index contributed by atoms with van der Waals surface area (Å²) in [5.74, 6) is -0.348. The smallest absolute Gasteiger partial charge is 0.326 e. The van der Waals surface area contributed by atoms with E-state index in [0.717, 1.165) is 25.7 Å². The Bertz CT molecular complexity index is 426. The van der Waals surface area contributed by atoms with E-state index in [4.69, 9.17) is 0 Å². The minimum atomic E-state index is -0.460. The third-order valence-electron chi connectivity index (χ3n) is 4.09. The van der Waals surface area contributed by atoms with E-state index in [2.05, 4.69) is 5.32 Å². The van der Waals surface area contributed by atoms with Gasteiger partial charge >= 0.3 is 6.03 Å². The molecule has 2 fully saturated rings. The molecule has 2 atom stereocenters. The molecule has 7 heteroatoms. The number of urea groups is 1. The first-order chi connectivity index (χ1) is 9.99. The number of carbonyl (C=O) groups excluding carboxylic acids is 3. The molecule has 2 aliphatic rings. The van der Waals surface area contributed by atoms with E-state index in [9.17, 15) is 19.5 Å². The highest BCUT2D eigenvalue weighted by atomic mass is 16.3. The molecular weight excluding hydrogens is 274 g/mol. The van der Waals surface area contributed by atoms with Crippen LogP contribution in [0.3, 0.4) is 0 Å². The standard InChI is InChI=1S/C14H23N3O4/c1-16-9-13(20)17(14(16)21)8-4-7-12(19)15-10-5-2-3-6-11(10)18/h10-11,18H,2-9H2,1H3,(H,15,19). The van der Waals surface area contributed by atoms with Gasteiger partial charge in [0.2, 0.25) is 11.8 Å². The van der Waals surface area contributed by atoms with Crippen molar-refractivity contribution >= 4 is 17.8 Å². The third kappa shape index (κ3) is 3.93. The van der Waals surface area contributed by atoms with Gasteiger partial charge in [-0.1, -0.05) is 12.8 Å². The van der Waals surface area contributed by atoms with Crippen LogP contribution in [0.4, 0.5) is 4.79 Å². The second-order valence-electron chi connectivity index (χ2n) is 5.81. The molecular formula is C14H23N3O4. The van der Waals surface area contributed by atoms with E-state index in [1.165, 1.54) is 9.80 Å². The minimum Gasteiger partial charge on any atom is -0.391 e. The van der Waals surface area contributed by atoms with Crippen molar-refractivity contribution in [2.75, 3.05) is 20.1 Å². The number of amides is 4. The highest BCUT2D eigenvalue weighted by molar-refractivity contribution is 6.01. The molecule has 1 heterocycles. The van der Waals surface area contributed by atoms with Gasteiger partial charge in [0.1, 0.15) is 6.54 Å². The predicted octanol–water partition coefficient (Wildman–Crippen LogP) is 0.0803. The van der Waals surface area contributed by atoms with Crippen LogP contribution in [0.25, 0.3) is 0 Å². The summed E-state index contributed by atoms with van der Waals surface area (Å²) < 4.78 is 0. The number of nitrogens with zero attached hydrogens (tertiary/aromatic N) is 2. The number of aliphatic hydroxyl groups excluding tert-OH is 1. The van der Waals surface area contributed by atoms with Gasteiger partial charge < -0.3 is 15.3 Å². The zero-order valence-electron chi connectivity index (χ0n) is 12.4. The second kappa shape index (κ2) is 6.89. The number of likely N-dealkylation sites (N-methyl/N-ethyl adjacent to an activating group) is 1. The number of aliphatic hydroxyl groups is 1. The summed E-state index contributed by atoms with van der Waals surface area (Å²) in [6.45, 7) is 0.377. The summed E-state index contributed by atoms with van der Waals surface area (Å²) in [5.41, 5.74) is 0. The molecule has 0 aromatic carbocycles. The first-order valence-electron chi connectivity index (χ1n) is 7.52. The number of hydrogen-bond donors (Lipinski definition) is 2. The van der Waals surface area contributed by atoms with Gasteiger partial charge in [-0.05, 0) is 19.3 Å². The maximum absolute atomic E-state index is 11.8. The summed E-state index contributed by atoms with van der Waals surface area (Å²) in [6.07, 6.45) is 3.79. The summed E-state index contributed by atoms with van der Waals surface area (Å²) >= 11 is 0. The summed E-state index contributed by atoms with van der Waals surface area (Å²) in [7, 11) is 1.58. The molecule has 1 saturated carbocycles. The molecule has 0 spiro atoms. The van der Waals surface area contributed by atoms with Crippen LogP contribution in [0.1, 0.15) is 38.5 Å². The minimum absolute atomic E-state index is 0.110. The molecule has 21 heavy (non-hydrogen) atoms. The van der Waals surface area contributed by atoms with Crippen LogP contribution in [-0.2, 0) is 9.59 Å². The van der Waals surface area contributed by atoms with Gasteiger partial charge in [-0.25, -0.2) is 4.79 Å². The van der Waals surface area contributed by atoms with Crippen LogP contribution in [0.2, 0.25) is 0 Å². The Morgan fingerprint density at radius 1 is 1.33 bits per heavy atom. The molecule has 1 aliphatic heterocycles. The molecule has 118 valence electrons. The topological polar surface area (TPSA) is 90.0 Å². The zero-order valence-corrected chi connectivity index (χ0v) is 12.4. The van der Waals surface area contributed by atoms with Gasteiger partial charge in [-0.3, -0.25) is 14.5 Å². The molecule has 1 aliphatic carbocycles. The highest BCUT2D eigenvalue weighted by Gasteiger charge is 2.33. The lowest BCUT2D eigenvalue weighted by molar-refractivity contribution is -0.126. The van der Waals surface area contributed by atoms with Gasteiger partial charge in [-0.2, -0.15) is 0 Å². The summed E-state index contributed by atoms with van der Waals surface area (Å²) in [4.78, 5) is 37.6. The monoisotopic (exact) mass is 297 g/mol. The Kier molecular flexibility index (Phi) is 5.17. The normalized spacial score (nSPS) is 26.4. The highest BCUT2D eigenvalue weighted by Crippen LogP contribution is 2.18. The van der Waals surface area contributed by atoms with E-state index in [1.807, 2.05) is 0 Å². The Labute approximate surface area is 124 Å². The predicted molar refractivity (Wildman–Crippen MR) is 75.4 cm³/mol. The van der Waals surface area contributed by atoms with Crippen LogP contribution < -0.4 is 5.32 Å². The van der Waals surface area contributed by atoms with Gasteiger partial charge in [-0.15, -0.1) is 0 Å². The van der Waals surface area contributed by atoms with Crippen LogP contribution in [0, 0.1) is 0 Å². The lowest BCUT2D eigenvalue weighted by atomic mass is 9.92. The number of hydrogen-bond acceptors (Lipinski definition) is 4. The molecule has 2 rings (SSSR count). The average molecular weight is 297 g/mol. The quantitative estimate of drug-likeness (QED) is 0.703. The first-order valence-corrected chi connectivity index (χ1v) is 7.52. The molecule has 7 nitrogen and oxygen atoms in total. The number of rotatable bonds is 5. The van der Waals surface area contributed by atoms with Crippen LogP contribution in [0.5, 0.6) is 0 Å². The molecule has 2 N–H and O–H groups in total. The maximum atomic E-state index is 11.8. The summed E-state index contributed by atoms with van der Waals surface area (Å²) in [6, 6.07) is -0.462. The van der Waals surface area contributed by atoms with Crippen molar-refractivity contribution in [2.45, 2.75) is 50.7 Å². The molecule has 0 aromatic heterocycles. The molecule has 2 unspecified atom stereocenters. The Hall–Kier alpha value is -1.63. The van der Waals surface area contributed by atoms with Crippen LogP contribution in [-0.4, -0.2) is 65.0 Å². The molecule has 0 bridgehead atoms. The van der Waals surface area contributed by atoms with Gasteiger partial charge in [0.05, 0.1) is 12.1 Å². The average Bonchev–Trinajstić information content (AvgIpc) is 2.68. The number of imide groups is 1. The van der Waals surface area contributed by atoms with Crippen LogP contribution in [0.15, 0.2) is 0 Å². The van der Waals surface area contributed by atoms with E-state index in [1.54, 1.807) is 7.05 Å². The van der Waals surface area contributed by atoms with Gasteiger partial charge in [0, 0.05) is 20.0 Å². The van der Waals surface area contributed by atoms with Crippen molar-refractivity contribution in [2.24, 2.45) is 0 Å². The Morgan fingerprint density at radius 2 is 2.05 bits per heavy atom. The van der Waals surface area contributed by atoms with Crippen LogP contribution >= 0.6 is 0 Å². The number of carbonyl (C=O) groups is 3. The number of nitrogens with one attached hydrogen (secondary N) is 1. The van der Waals surface area contributed by atoms with Gasteiger partial charge in [0.15, 0.2) is 0 Å². The fourth-order valence-corrected chi connectivity index (χ4v) is 2.85. The molecule has 1 saturated heterocycles. The van der Waals surface area contributed by atoms with Crippen molar-refractivity contribution in [3.05, 3.63) is 0 Å². The molecule has 0 aromatic rings. The Morgan fingerprint density at radius 3 is 2.67 bits per heavy atom. The van der Waals surface area contributed by atoms with Crippen molar-refractivity contribution in [1.29, 1.82) is 0 Å². The van der Waals surface area contributed by atoms with Crippen molar-refractivity contribution in [3.63, 3.8) is 0 Å². The Balaban J connectivity index is 1.69. The largest absolute Gasteiger partial charge is 0.391 e. The van der Waals surface area contributed by atoms with Crippen molar-refractivity contribution in [3.8, 4) is 0 Å². The van der Waals surface area contributed by atoms with E-state index in [0.29, 0.717) is 6.42 Å². The van der Waals surface area contributed by atoms with E-state index >= 15 is 0 Å². The van der Waals surface area contributed by atoms with Crippen molar-refractivity contribution < 1.29 is 19.5 Å². The third-order valence-corrected chi connectivity index (χ3v) is 4.09. The summed E-state index contributed by atoms with van der Waals surface area (Å²) in [5, 5.41) is 12.6. The zero-order chi connectivity index (χ0) is 15.4. The van der Waals surface area contributed by atoms with E-state index in [-0.39, 0.29) is 43.4 Å².